The van der Waals surface area contributed by atoms with Crippen LogP contribution >= 0.6 is 15.9 Å². The van der Waals surface area contributed by atoms with Crippen molar-refractivity contribution in [3.63, 3.8) is 0 Å². The van der Waals surface area contributed by atoms with Gasteiger partial charge in [0.15, 0.2) is 17.5 Å². The normalized spacial score (nSPS) is 11.5. The van der Waals surface area contributed by atoms with E-state index in [9.17, 15) is 18.0 Å². The van der Waals surface area contributed by atoms with E-state index in [4.69, 9.17) is 0 Å². The fraction of sp³-hybridized carbons (Fsp3) is 0.417. The minimum Gasteiger partial charge on any atom is -0.336 e. The molecular weight excluding hydrogens is 311 g/mol. The molecule has 0 aliphatic rings. The van der Waals surface area contributed by atoms with Gasteiger partial charge in [0.25, 0.3) is 5.91 Å². The number of carbonyl (C=O) groups is 1. The summed E-state index contributed by atoms with van der Waals surface area (Å²) in [5.74, 6) is -5.11. The molecule has 18 heavy (non-hydrogen) atoms. The second kappa shape index (κ2) is 5.30. The molecule has 0 fully saturated rings. The summed E-state index contributed by atoms with van der Waals surface area (Å²) in [7, 11) is 1.48. The number of hydrogen-bond acceptors (Lipinski definition) is 1. The second-order valence-corrected chi connectivity index (χ2v) is 5.09. The first kappa shape index (κ1) is 15.0. The fourth-order valence-electron chi connectivity index (χ4n) is 1.24. The van der Waals surface area contributed by atoms with Crippen molar-refractivity contribution in [2.45, 2.75) is 19.4 Å². The van der Waals surface area contributed by atoms with Gasteiger partial charge in [0.2, 0.25) is 0 Å². The van der Waals surface area contributed by atoms with Gasteiger partial charge < -0.3 is 4.90 Å². The molecule has 1 aromatic rings. The lowest BCUT2D eigenvalue weighted by molar-refractivity contribution is 0.0657. The van der Waals surface area contributed by atoms with Crippen molar-refractivity contribution in [2.75, 3.05) is 12.4 Å². The lowest BCUT2D eigenvalue weighted by Gasteiger charge is -2.34. The molecule has 0 N–H and O–H groups in total. The summed E-state index contributed by atoms with van der Waals surface area (Å²) in [6.45, 7) is 3.52. The quantitative estimate of drug-likeness (QED) is 0.617. The molecule has 0 heterocycles. The van der Waals surface area contributed by atoms with Crippen molar-refractivity contribution in [3.05, 3.63) is 35.1 Å². The van der Waals surface area contributed by atoms with E-state index in [0.717, 1.165) is 12.1 Å². The molecule has 0 bridgehead atoms. The molecule has 0 spiro atoms. The van der Waals surface area contributed by atoms with Crippen molar-refractivity contribution in [1.82, 2.24) is 4.90 Å². The van der Waals surface area contributed by atoms with E-state index in [2.05, 4.69) is 15.9 Å². The van der Waals surface area contributed by atoms with E-state index in [-0.39, 0.29) is 0 Å². The summed E-state index contributed by atoms with van der Waals surface area (Å²) in [6.07, 6.45) is 0. The van der Waals surface area contributed by atoms with Crippen molar-refractivity contribution >= 4 is 21.8 Å². The van der Waals surface area contributed by atoms with E-state index in [1.165, 1.54) is 11.9 Å². The number of benzene rings is 1. The number of alkyl halides is 1. The van der Waals surface area contributed by atoms with E-state index >= 15 is 0 Å². The first-order valence-corrected chi connectivity index (χ1v) is 6.32. The lowest BCUT2D eigenvalue weighted by atomic mass is 10.0. The predicted molar refractivity (Wildman–Crippen MR) is 66.3 cm³/mol. The van der Waals surface area contributed by atoms with Gasteiger partial charge in [-0.2, -0.15) is 0 Å². The monoisotopic (exact) mass is 323 g/mol. The number of amides is 1. The highest BCUT2D eigenvalue weighted by molar-refractivity contribution is 9.09. The van der Waals surface area contributed by atoms with Crippen molar-refractivity contribution in [3.8, 4) is 0 Å². The Labute approximate surface area is 112 Å². The van der Waals surface area contributed by atoms with E-state index in [0.29, 0.717) is 5.33 Å². The van der Waals surface area contributed by atoms with Crippen LogP contribution in [-0.4, -0.2) is 28.7 Å². The molecule has 1 amide bonds. The largest absolute Gasteiger partial charge is 0.336 e. The maximum Gasteiger partial charge on any atom is 0.257 e. The smallest absolute Gasteiger partial charge is 0.257 e. The van der Waals surface area contributed by atoms with E-state index in [1.54, 1.807) is 13.8 Å². The van der Waals surface area contributed by atoms with Gasteiger partial charge in [-0.1, -0.05) is 15.9 Å². The standard InChI is InChI=1S/C12H13BrF3NO/c1-12(2,6-13)17(3)11(18)7-4-5-8(14)10(16)9(7)15/h4-5H,6H2,1-3H3. The molecule has 0 radical (unpaired) electrons. The van der Waals surface area contributed by atoms with E-state index < -0.39 is 34.5 Å². The van der Waals surface area contributed by atoms with Crippen LogP contribution in [0.4, 0.5) is 13.2 Å². The highest BCUT2D eigenvalue weighted by Crippen LogP contribution is 2.21. The van der Waals surface area contributed by atoms with Crippen molar-refractivity contribution in [1.29, 1.82) is 0 Å². The topological polar surface area (TPSA) is 20.3 Å². The number of halogens is 4. The Hall–Kier alpha value is -1.04. The average molecular weight is 324 g/mol. The van der Waals surface area contributed by atoms with Crippen LogP contribution < -0.4 is 0 Å². The molecule has 1 rings (SSSR count). The molecule has 1 aromatic carbocycles. The highest BCUT2D eigenvalue weighted by Gasteiger charge is 2.30. The molecule has 0 aliphatic carbocycles. The highest BCUT2D eigenvalue weighted by atomic mass is 79.9. The van der Waals surface area contributed by atoms with Crippen LogP contribution in [-0.2, 0) is 0 Å². The summed E-state index contributed by atoms with van der Waals surface area (Å²) in [5, 5.41) is 0.466. The minimum absolute atomic E-state index is 0.466. The van der Waals surface area contributed by atoms with Crippen molar-refractivity contribution in [2.24, 2.45) is 0 Å². The zero-order valence-corrected chi connectivity index (χ0v) is 11.8. The van der Waals surface area contributed by atoms with Gasteiger partial charge in [-0.05, 0) is 26.0 Å². The fourth-order valence-corrected chi connectivity index (χ4v) is 1.61. The van der Waals surface area contributed by atoms with E-state index in [1.807, 2.05) is 0 Å². The number of nitrogens with zero attached hydrogens (tertiary/aromatic N) is 1. The zero-order chi connectivity index (χ0) is 14.1. The Morgan fingerprint density at radius 1 is 1.28 bits per heavy atom. The van der Waals surface area contributed by atoms with Crippen LogP contribution in [0.1, 0.15) is 24.2 Å². The third-order valence-corrected chi connectivity index (χ3v) is 4.18. The second-order valence-electron chi connectivity index (χ2n) is 4.53. The Balaban J connectivity index is 3.17. The average Bonchev–Trinajstić information content (AvgIpc) is 2.34. The minimum atomic E-state index is -1.63. The third kappa shape index (κ3) is 2.68. The predicted octanol–water partition coefficient (Wildman–Crippen LogP) is 3.35. The number of rotatable bonds is 3. The molecule has 100 valence electrons. The molecule has 0 aromatic heterocycles. The summed E-state index contributed by atoms with van der Waals surface area (Å²) in [4.78, 5) is 13.3. The Morgan fingerprint density at radius 3 is 2.33 bits per heavy atom. The number of hydrogen-bond donors (Lipinski definition) is 0. The van der Waals surface area contributed by atoms with Crippen LogP contribution in [0.2, 0.25) is 0 Å². The van der Waals surface area contributed by atoms with Crippen LogP contribution in [0.3, 0.4) is 0 Å². The van der Waals surface area contributed by atoms with Crippen molar-refractivity contribution < 1.29 is 18.0 Å². The van der Waals surface area contributed by atoms with Crippen LogP contribution in [0.5, 0.6) is 0 Å². The molecule has 0 saturated carbocycles. The van der Waals surface area contributed by atoms with Gasteiger partial charge in [-0.15, -0.1) is 0 Å². The molecule has 0 atom stereocenters. The van der Waals surface area contributed by atoms with Gasteiger partial charge in [-0.25, -0.2) is 13.2 Å². The first-order chi connectivity index (χ1) is 8.22. The van der Waals surface area contributed by atoms with Gasteiger partial charge >= 0.3 is 0 Å². The third-order valence-electron chi connectivity index (χ3n) is 2.81. The van der Waals surface area contributed by atoms with Gasteiger partial charge in [0.1, 0.15) is 0 Å². The molecule has 2 nitrogen and oxygen atoms in total. The van der Waals surface area contributed by atoms with Gasteiger partial charge in [-0.3, -0.25) is 4.79 Å². The molecule has 0 aliphatic heterocycles. The summed E-state index contributed by atoms with van der Waals surface area (Å²) < 4.78 is 39.3. The Kier molecular flexibility index (Phi) is 4.42. The maximum atomic E-state index is 13.5. The Bertz CT molecular complexity index is 477. The summed E-state index contributed by atoms with van der Waals surface area (Å²) in [6, 6.07) is 1.68. The maximum absolute atomic E-state index is 13.5. The van der Waals surface area contributed by atoms with Crippen LogP contribution in [0, 0.1) is 17.5 Å². The molecule has 0 unspecified atom stereocenters. The molecule has 0 saturated heterocycles. The first-order valence-electron chi connectivity index (χ1n) is 5.20. The zero-order valence-electron chi connectivity index (χ0n) is 10.2. The molecule has 6 heteroatoms. The van der Waals surface area contributed by atoms with Crippen LogP contribution in [0.25, 0.3) is 0 Å². The molecular formula is C12H13BrF3NO. The van der Waals surface area contributed by atoms with Gasteiger partial charge in [0.05, 0.1) is 5.56 Å². The van der Waals surface area contributed by atoms with Crippen LogP contribution in [0.15, 0.2) is 12.1 Å². The summed E-state index contributed by atoms with van der Waals surface area (Å²) in [5.41, 5.74) is -1.06. The lowest BCUT2D eigenvalue weighted by Crippen LogP contribution is -2.46. The SMILES string of the molecule is CN(C(=O)c1ccc(F)c(F)c1F)C(C)(C)CBr. The summed E-state index contributed by atoms with van der Waals surface area (Å²) >= 11 is 3.24. The van der Waals surface area contributed by atoms with Gasteiger partial charge in [0, 0.05) is 17.9 Å². The number of carbonyl (C=O) groups excluding carboxylic acids is 1. The Morgan fingerprint density at radius 2 is 1.83 bits per heavy atom.